The van der Waals surface area contributed by atoms with E-state index in [-0.39, 0.29) is 30.2 Å². The molecule has 0 radical (unpaired) electrons. The van der Waals surface area contributed by atoms with E-state index < -0.39 is 10.9 Å². The molecule has 3 aromatic carbocycles. The van der Waals surface area contributed by atoms with E-state index in [1.165, 1.54) is 6.07 Å². The number of fused-ring (bicyclic) bond motifs is 1. The van der Waals surface area contributed by atoms with Gasteiger partial charge in [-0.25, -0.2) is 0 Å². The summed E-state index contributed by atoms with van der Waals surface area (Å²) in [4.78, 5) is 22.3. The molecule has 0 unspecified atom stereocenters. The Morgan fingerprint density at radius 2 is 1.83 bits per heavy atom. The third-order valence-corrected chi connectivity index (χ3v) is 4.57. The van der Waals surface area contributed by atoms with Crippen molar-refractivity contribution < 1.29 is 19.6 Å². The number of nitro benzene ring substituents is 1. The first-order valence-electron chi connectivity index (χ1n) is 9.50. The second-order valence-electron chi connectivity index (χ2n) is 7.41. The minimum Gasteiger partial charge on any atom is -0.486 e. The highest BCUT2D eigenvalue weighted by Gasteiger charge is 2.23. The van der Waals surface area contributed by atoms with E-state index in [0.29, 0.717) is 17.7 Å². The van der Waals surface area contributed by atoms with Gasteiger partial charge in [0.05, 0.1) is 11.5 Å². The normalized spacial score (nSPS) is 11.0. The Balaban J connectivity index is 2.18. The molecule has 0 amide bonds. The van der Waals surface area contributed by atoms with Gasteiger partial charge < -0.3 is 9.84 Å². The van der Waals surface area contributed by atoms with Crippen LogP contribution >= 0.6 is 0 Å². The third kappa shape index (κ3) is 4.90. The molecule has 6 heteroatoms. The average Bonchev–Trinajstić information content (AvgIpc) is 2.69. The molecule has 6 nitrogen and oxygen atoms in total. The fraction of sp³-hybridized carbons (Fsp3) is 0.261. The van der Waals surface area contributed by atoms with Crippen molar-refractivity contribution in [3.63, 3.8) is 0 Å². The second-order valence-corrected chi connectivity index (χ2v) is 7.41. The average molecular weight is 393 g/mol. The summed E-state index contributed by atoms with van der Waals surface area (Å²) >= 11 is 0. The number of nitrogens with zero attached hydrogens (tertiary/aromatic N) is 1. The summed E-state index contributed by atoms with van der Waals surface area (Å²) in [6, 6.07) is 16.9. The molecular formula is C23H23NO5. The zero-order valence-electron chi connectivity index (χ0n) is 16.4. The lowest BCUT2D eigenvalue weighted by molar-refractivity contribution is -0.385. The maximum Gasteiger partial charge on any atom is 0.311 e. The van der Waals surface area contributed by atoms with Crippen LogP contribution in [0.25, 0.3) is 21.9 Å². The van der Waals surface area contributed by atoms with Crippen LogP contribution in [0.1, 0.15) is 25.8 Å². The van der Waals surface area contributed by atoms with Gasteiger partial charge in [0.2, 0.25) is 5.75 Å². The van der Waals surface area contributed by atoms with Crippen LogP contribution in [0.5, 0.6) is 5.75 Å². The molecule has 150 valence electrons. The van der Waals surface area contributed by atoms with E-state index in [4.69, 9.17) is 9.84 Å². The summed E-state index contributed by atoms with van der Waals surface area (Å²) in [6.07, 6.45) is 0.113. The highest BCUT2D eigenvalue weighted by molar-refractivity contribution is 5.89. The van der Waals surface area contributed by atoms with Crippen LogP contribution in [0.15, 0.2) is 54.6 Å². The molecule has 0 aromatic heterocycles. The lowest BCUT2D eigenvalue weighted by atomic mass is 9.96. The largest absolute Gasteiger partial charge is 0.486 e. The zero-order chi connectivity index (χ0) is 21.0. The van der Waals surface area contributed by atoms with Crippen LogP contribution < -0.4 is 4.74 Å². The molecule has 0 fully saturated rings. The molecule has 0 spiro atoms. The molecular weight excluding hydrogens is 370 g/mol. The van der Waals surface area contributed by atoms with Crippen LogP contribution in [0.4, 0.5) is 5.69 Å². The van der Waals surface area contributed by atoms with Crippen LogP contribution in [0, 0.1) is 16.0 Å². The zero-order valence-corrected chi connectivity index (χ0v) is 16.4. The first kappa shape index (κ1) is 20.3. The smallest absolute Gasteiger partial charge is 0.311 e. The van der Waals surface area contributed by atoms with Gasteiger partial charge in [-0.1, -0.05) is 50.2 Å². The van der Waals surface area contributed by atoms with Gasteiger partial charge >= 0.3 is 11.7 Å². The maximum atomic E-state index is 11.8. The number of rotatable bonds is 8. The van der Waals surface area contributed by atoms with E-state index in [9.17, 15) is 14.9 Å². The van der Waals surface area contributed by atoms with Crippen LogP contribution in [0.2, 0.25) is 0 Å². The molecule has 0 heterocycles. The Hall–Kier alpha value is -3.41. The maximum absolute atomic E-state index is 11.8. The highest BCUT2D eigenvalue weighted by atomic mass is 16.6. The van der Waals surface area contributed by atoms with Crippen molar-refractivity contribution in [2.75, 3.05) is 6.61 Å². The Morgan fingerprint density at radius 1 is 1.10 bits per heavy atom. The number of aliphatic carboxylic acids is 1. The molecule has 0 bridgehead atoms. The number of benzene rings is 3. The lowest BCUT2D eigenvalue weighted by Gasteiger charge is -2.16. The molecule has 0 aliphatic carbocycles. The van der Waals surface area contributed by atoms with E-state index in [0.717, 1.165) is 16.3 Å². The Kier molecular flexibility index (Phi) is 6.12. The Morgan fingerprint density at radius 3 is 2.48 bits per heavy atom. The number of carbonyl (C=O) groups is 1. The predicted octanol–water partition coefficient (Wildman–Crippen LogP) is 5.47. The van der Waals surface area contributed by atoms with E-state index in [1.54, 1.807) is 6.07 Å². The fourth-order valence-corrected chi connectivity index (χ4v) is 3.18. The van der Waals surface area contributed by atoms with Gasteiger partial charge in [-0.05, 0) is 46.4 Å². The van der Waals surface area contributed by atoms with Crippen LogP contribution in [-0.4, -0.2) is 22.6 Å². The van der Waals surface area contributed by atoms with E-state index in [2.05, 4.69) is 0 Å². The SMILES string of the molecule is CC(C)COc1c(-c2ccc3ccccc3c2)cc(CCC(=O)O)cc1[N+](=O)[O-]. The third-order valence-electron chi connectivity index (χ3n) is 4.57. The van der Waals surface area contributed by atoms with Crippen molar-refractivity contribution in [2.45, 2.75) is 26.7 Å². The highest BCUT2D eigenvalue weighted by Crippen LogP contribution is 2.40. The molecule has 0 aliphatic rings. The molecule has 0 atom stereocenters. The lowest BCUT2D eigenvalue weighted by Crippen LogP contribution is -2.08. The first-order valence-corrected chi connectivity index (χ1v) is 9.50. The van der Waals surface area contributed by atoms with Gasteiger partial charge in [0.15, 0.2) is 0 Å². The van der Waals surface area contributed by atoms with Crippen molar-refractivity contribution >= 4 is 22.4 Å². The number of aryl methyl sites for hydroxylation is 1. The van der Waals surface area contributed by atoms with Crippen molar-refractivity contribution in [2.24, 2.45) is 5.92 Å². The molecule has 3 aromatic rings. The second kappa shape index (κ2) is 8.73. The van der Waals surface area contributed by atoms with Crippen molar-refractivity contribution in [1.29, 1.82) is 0 Å². The Labute approximate surface area is 168 Å². The number of carboxylic acid groups (broad SMARTS) is 1. The quantitative estimate of drug-likeness (QED) is 0.405. The van der Waals surface area contributed by atoms with Gasteiger partial charge in [0.25, 0.3) is 0 Å². The summed E-state index contributed by atoms with van der Waals surface area (Å²) in [5, 5.41) is 22.8. The summed E-state index contributed by atoms with van der Waals surface area (Å²) in [7, 11) is 0. The van der Waals surface area contributed by atoms with E-state index >= 15 is 0 Å². The number of carboxylic acids is 1. The van der Waals surface area contributed by atoms with Crippen molar-refractivity contribution in [3.05, 3.63) is 70.3 Å². The molecule has 1 N–H and O–H groups in total. The number of ether oxygens (including phenoxy) is 1. The monoisotopic (exact) mass is 393 g/mol. The van der Waals surface area contributed by atoms with Gasteiger partial charge in [-0.3, -0.25) is 14.9 Å². The van der Waals surface area contributed by atoms with Gasteiger partial charge in [-0.2, -0.15) is 0 Å². The van der Waals surface area contributed by atoms with Crippen molar-refractivity contribution in [1.82, 2.24) is 0 Å². The minimum absolute atomic E-state index is 0.0967. The summed E-state index contributed by atoms with van der Waals surface area (Å²) < 4.78 is 5.88. The number of nitro groups is 1. The van der Waals surface area contributed by atoms with Gasteiger partial charge in [-0.15, -0.1) is 0 Å². The molecule has 0 saturated heterocycles. The summed E-state index contributed by atoms with van der Waals surface area (Å²) in [5.74, 6) is -0.524. The molecule has 0 aliphatic heterocycles. The first-order chi connectivity index (χ1) is 13.8. The predicted molar refractivity (Wildman–Crippen MR) is 112 cm³/mol. The van der Waals surface area contributed by atoms with Gasteiger partial charge in [0.1, 0.15) is 0 Å². The van der Waals surface area contributed by atoms with Gasteiger partial charge in [0, 0.05) is 18.1 Å². The standard InChI is InChI=1S/C23H23NO5/c1-15(2)14-29-23-20(19-9-8-17-5-3-4-6-18(17)13-19)11-16(7-10-22(25)26)12-21(23)24(27)28/h3-6,8-9,11-13,15H,7,10,14H2,1-2H3,(H,25,26). The van der Waals surface area contributed by atoms with Crippen molar-refractivity contribution in [3.8, 4) is 16.9 Å². The van der Waals surface area contributed by atoms with Crippen LogP contribution in [-0.2, 0) is 11.2 Å². The summed E-state index contributed by atoms with van der Waals surface area (Å²) in [6.45, 7) is 4.29. The summed E-state index contributed by atoms with van der Waals surface area (Å²) in [5.41, 5.74) is 1.85. The number of hydrogen-bond donors (Lipinski definition) is 1. The molecule has 0 saturated carbocycles. The minimum atomic E-state index is -0.944. The Bertz CT molecular complexity index is 1060. The van der Waals surface area contributed by atoms with E-state index in [1.807, 2.05) is 56.3 Å². The fourth-order valence-electron chi connectivity index (χ4n) is 3.18. The number of hydrogen-bond acceptors (Lipinski definition) is 4. The molecule has 3 rings (SSSR count). The topological polar surface area (TPSA) is 89.7 Å². The molecule has 29 heavy (non-hydrogen) atoms. The van der Waals surface area contributed by atoms with Crippen LogP contribution in [0.3, 0.4) is 0 Å².